The van der Waals surface area contributed by atoms with Crippen LogP contribution >= 0.6 is 10.8 Å². The number of hydrogen-bond donors (Lipinski definition) is 1. The molecule has 6 nitrogen and oxygen atoms in total. The van der Waals surface area contributed by atoms with E-state index in [2.05, 4.69) is 9.88 Å². The normalized spacial score (nSPS) is 15.6. The number of amides is 1. The lowest BCUT2D eigenvalue weighted by Crippen LogP contribution is -2.47. The highest BCUT2D eigenvalue weighted by molar-refractivity contribution is 8.71. The van der Waals surface area contributed by atoms with E-state index in [9.17, 15) is 17.6 Å². The molecule has 1 aliphatic heterocycles. The van der Waals surface area contributed by atoms with E-state index in [1.54, 1.807) is 0 Å². The van der Waals surface area contributed by atoms with Crippen LogP contribution in [0.5, 0.6) is 0 Å². The molecule has 1 amide bonds. The van der Waals surface area contributed by atoms with Gasteiger partial charge in [0.25, 0.3) is 5.91 Å². The molecule has 9 heteroatoms. The van der Waals surface area contributed by atoms with E-state index < -0.39 is 14.7 Å². The Morgan fingerprint density at radius 3 is 2.47 bits per heavy atom. The minimum atomic E-state index is -3.58. The fraction of sp³-hybridized carbons (Fsp3) is 0.286. The summed E-state index contributed by atoms with van der Waals surface area (Å²) in [7, 11) is -0.741. The van der Waals surface area contributed by atoms with Crippen LogP contribution in [0.4, 0.5) is 4.39 Å². The SMILES string of the molecule is CN1CCN(C(=O)c2cc3cc(CSS(=O)(=O)c4ccc(F)cc4)ccc3[nH]2)CC1. The van der Waals surface area contributed by atoms with Crippen LogP contribution in [0.1, 0.15) is 16.1 Å². The zero-order valence-electron chi connectivity index (χ0n) is 16.5. The van der Waals surface area contributed by atoms with Gasteiger partial charge in [-0.1, -0.05) is 6.07 Å². The van der Waals surface area contributed by atoms with Crippen molar-refractivity contribution in [2.24, 2.45) is 0 Å². The summed E-state index contributed by atoms with van der Waals surface area (Å²) in [6.45, 7) is 3.12. The smallest absolute Gasteiger partial charge is 0.270 e. The third-order valence-electron chi connectivity index (χ3n) is 5.19. The van der Waals surface area contributed by atoms with Crippen LogP contribution in [-0.4, -0.2) is 62.3 Å². The number of nitrogens with zero attached hydrogens (tertiary/aromatic N) is 2. The molecule has 3 aromatic rings. The summed E-state index contributed by atoms with van der Waals surface area (Å²) in [6, 6.07) is 12.2. The molecule has 1 saturated heterocycles. The van der Waals surface area contributed by atoms with E-state index in [0.717, 1.165) is 52.5 Å². The van der Waals surface area contributed by atoms with Crippen molar-refractivity contribution in [3.63, 3.8) is 0 Å². The first-order chi connectivity index (χ1) is 14.3. The van der Waals surface area contributed by atoms with Crippen LogP contribution in [0.25, 0.3) is 10.9 Å². The fourth-order valence-electron chi connectivity index (χ4n) is 3.38. The van der Waals surface area contributed by atoms with Crippen molar-refractivity contribution in [1.82, 2.24) is 14.8 Å². The Labute approximate surface area is 178 Å². The highest BCUT2D eigenvalue weighted by Crippen LogP contribution is 2.28. The molecule has 0 unspecified atom stereocenters. The number of carbonyl (C=O) groups excluding carboxylic acids is 1. The predicted octanol–water partition coefficient (Wildman–Crippen LogP) is 3.32. The topological polar surface area (TPSA) is 73.5 Å². The standard InChI is InChI=1S/C21H22FN3O3S2/c1-24-8-10-25(11-9-24)21(26)20-13-16-12-15(2-7-19(16)23-20)14-29-30(27,28)18-5-3-17(22)4-6-18/h2-7,12-13,23H,8-11,14H2,1H3. The molecule has 30 heavy (non-hydrogen) atoms. The van der Waals surface area contributed by atoms with Gasteiger partial charge in [0.05, 0.1) is 4.90 Å². The zero-order chi connectivity index (χ0) is 21.3. The molecule has 0 radical (unpaired) electrons. The average Bonchev–Trinajstić information content (AvgIpc) is 3.16. The second-order valence-electron chi connectivity index (χ2n) is 7.37. The number of likely N-dealkylation sites (N-methyl/N-ethyl adjacent to an activating group) is 1. The molecule has 1 aromatic heterocycles. The van der Waals surface area contributed by atoms with E-state index in [-0.39, 0.29) is 16.6 Å². The van der Waals surface area contributed by atoms with E-state index in [1.807, 2.05) is 36.2 Å². The maximum absolute atomic E-state index is 13.0. The van der Waals surface area contributed by atoms with Crippen molar-refractivity contribution >= 4 is 36.5 Å². The lowest BCUT2D eigenvalue weighted by Gasteiger charge is -2.32. The van der Waals surface area contributed by atoms with Gasteiger partial charge in [0.15, 0.2) is 0 Å². The fourth-order valence-corrected chi connectivity index (χ4v) is 6.07. The number of rotatable bonds is 5. The number of H-pyrrole nitrogens is 1. The third kappa shape index (κ3) is 4.53. The average molecular weight is 448 g/mol. The largest absolute Gasteiger partial charge is 0.351 e. The Morgan fingerprint density at radius 1 is 1.07 bits per heavy atom. The van der Waals surface area contributed by atoms with Gasteiger partial charge < -0.3 is 14.8 Å². The maximum atomic E-state index is 13.0. The lowest BCUT2D eigenvalue weighted by atomic mass is 10.2. The van der Waals surface area contributed by atoms with Gasteiger partial charge in [-0.25, -0.2) is 12.8 Å². The van der Waals surface area contributed by atoms with Gasteiger partial charge in [0.2, 0.25) is 8.87 Å². The van der Waals surface area contributed by atoms with Crippen LogP contribution in [0, 0.1) is 5.82 Å². The second kappa shape index (κ2) is 8.41. The monoisotopic (exact) mass is 447 g/mol. The Hall–Kier alpha value is -2.36. The van der Waals surface area contributed by atoms with Gasteiger partial charge in [0, 0.05) is 42.8 Å². The number of piperazine rings is 1. The molecule has 1 N–H and O–H groups in total. The van der Waals surface area contributed by atoms with Crippen molar-refractivity contribution in [3.8, 4) is 0 Å². The van der Waals surface area contributed by atoms with Gasteiger partial charge in [-0.05, 0) is 65.9 Å². The highest BCUT2D eigenvalue weighted by Gasteiger charge is 2.22. The molecule has 0 atom stereocenters. The Bertz CT molecular complexity index is 1170. The first-order valence-corrected chi connectivity index (χ1v) is 12.5. The van der Waals surface area contributed by atoms with Gasteiger partial charge in [0.1, 0.15) is 11.5 Å². The van der Waals surface area contributed by atoms with E-state index in [4.69, 9.17) is 0 Å². The van der Waals surface area contributed by atoms with Crippen molar-refractivity contribution in [3.05, 3.63) is 65.6 Å². The quantitative estimate of drug-likeness (QED) is 0.608. The molecule has 0 aliphatic carbocycles. The summed E-state index contributed by atoms with van der Waals surface area (Å²) in [5.41, 5.74) is 2.21. The summed E-state index contributed by atoms with van der Waals surface area (Å²) in [5, 5.41) is 0.866. The molecule has 2 heterocycles. The zero-order valence-corrected chi connectivity index (χ0v) is 18.1. The van der Waals surface area contributed by atoms with Crippen molar-refractivity contribution in [2.45, 2.75) is 10.6 Å². The Balaban J connectivity index is 1.47. The molecule has 1 aliphatic rings. The number of hydrogen-bond acceptors (Lipinski definition) is 5. The number of nitrogens with one attached hydrogen (secondary N) is 1. The molecule has 158 valence electrons. The van der Waals surface area contributed by atoms with Gasteiger partial charge in [-0.2, -0.15) is 0 Å². The second-order valence-corrected chi connectivity index (χ2v) is 11.3. The number of halogens is 1. The first kappa shape index (κ1) is 20.9. The van der Waals surface area contributed by atoms with Gasteiger partial charge in [-0.3, -0.25) is 4.79 Å². The summed E-state index contributed by atoms with van der Waals surface area (Å²) in [4.78, 5) is 20.1. The summed E-state index contributed by atoms with van der Waals surface area (Å²) >= 11 is 0. The number of benzene rings is 2. The third-order valence-corrected chi connectivity index (χ3v) is 8.66. The summed E-state index contributed by atoms with van der Waals surface area (Å²) in [6.07, 6.45) is 0. The van der Waals surface area contributed by atoms with Crippen molar-refractivity contribution < 1.29 is 17.6 Å². The lowest BCUT2D eigenvalue weighted by molar-refractivity contribution is 0.0659. The Kier molecular flexibility index (Phi) is 5.86. The molecular weight excluding hydrogens is 425 g/mol. The minimum Gasteiger partial charge on any atom is -0.351 e. The number of carbonyl (C=O) groups is 1. The molecule has 2 aromatic carbocycles. The van der Waals surface area contributed by atoms with E-state index >= 15 is 0 Å². The molecule has 0 bridgehead atoms. The van der Waals surface area contributed by atoms with Crippen LogP contribution in [0.3, 0.4) is 0 Å². The Morgan fingerprint density at radius 2 is 1.77 bits per heavy atom. The van der Waals surface area contributed by atoms with Crippen molar-refractivity contribution in [1.29, 1.82) is 0 Å². The number of fused-ring (bicyclic) bond motifs is 1. The molecular formula is C21H22FN3O3S2. The first-order valence-electron chi connectivity index (χ1n) is 9.56. The molecule has 1 fully saturated rings. The van der Waals surface area contributed by atoms with Crippen LogP contribution in [0.2, 0.25) is 0 Å². The summed E-state index contributed by atoms with van der Waals surface area (Å²) < 4.78 is 37.9. The van der Waals surface area contributed by atoms with E-state index in [1.165, 1.54) is 12.1 Å². The molecule has 0 spiro atoms. The highest BCUT2D eigenvalue weighted by atomic mass is 33.1. The van der Waals surface area contributed by atoms with Crippen LogP contribution < -0.4 is 0 Å². The van der Waals surface area contributed by atoms with Crippen molar-refractivity contribution in [2.75, 3.05) is 33.2 Å². The number of aromatic amines is 1. The van der Waals surface area contributed by atoms with Gasteiger partial charge in [-0.15, -0.1) is 0 Å². The molecule has 4 rings (SSSR count). The summed E-state index contributed by atoms with van der Waals surface area (Å²) in [5.74, 6) is -0.240. The minimum absolute atomic E-state index is 0.0193. The van der Waals surface area contributed by atoms with E-state index in [0.29, 0.717) is 18.8 Å². The van der Waals surface area contributed by atoms with Crippen LogP contribution in [0.15, 0.2) is 53.4 Å². The maximum Gasteiger partial charge on any atom is 0.270 e. The van der Waals surface area contributed by atoms with Gasteiger partial charge >= 0.3 is 0 Å². The predicted molar refractivity (Wildman–Crippen MR) is 117 cm³/mol. The van der Waals surface area contributed by atoms with Crippen LogP contribution in [-0.2, 0) is 14.6 Å². The number of aromatic nitrogens is 1. The molecule has 0 saturated carbocycles.